The normalized spacial score (nSPS) is 17.0. The summed E-state index contributed by atoms with van der Waals surface area (Å²) in [7, 11) is 3.74. The van der Waals surface area contributed by atoms with Gasteiger partial charge in [-0.3, -0.25) is 4.79 Å². The zero-order chi connectivity index (χ0) is 19.7. The maximum Gasteiger partial charge on any atom is 0.247 e. The molecule has 1 fully saturated rings. The second-order valence-electron chi connectivity index (χ2n) is 7.02. The van der Waals surface area contributed by atoms with Crippen LogP contribution >= 0.6 is 0 Å². The van der Waals surface area contributed by atoms with Crippen molar-refractivity contribution in [1.29, 1.82) is 0 Å². The van der Waals surface area contributed by atoms with Crippen molar-refractivity contribution in [1.82, 2.24) is 24.8 Å². The SMILES string of the molecule is CN(C)c1ncc(/C=C/C(=O)N2CCCC2c2nc3ccc(F)cc3[nH]2)cn1. The van der Waals surface area contributed by atoms with Crippen LogP contribution in [0.4, 0.5) is 10.3 Å². The smallest absolute Gasteiger partial charge is 0.247 e. The first-order valence-corrected chi connectivity index (χ1v) is 9.14. The number of halogens is 1. The molecular formula is C20H21FN6O. The fourth-order valence-corrected chi connectivity index (χ4v) is 3.39. The number of hydrogen-bond acceptors (Lipinski definition) is 5. The Morgan fingerprint density at radius 3 is 2.86 bits per heavy atom. The van der Waals surface area contributed by atoms with Gasteiger partial charge >= 0.3 is 0 Å². The lowest BCUT2D eigenvalue weighted by atomic mass is 10.2. The summed E-state index contributed by atoms with van der Waals surface area (Å²) in [5.41, 5.74) is 2.10. The Morgan fingerprint density at radius 2 is 2.11 bits per heavy atom. The Balaban J connectivity index is 1.51. The first-order valence-electron chi connectivity index (χ1n) is 9.14. The van der Waals surface area contributed by atoms with E-state index in [1.165, 1.54) is 18.2 Å². The number of likely N-dealkylation sites (tertiary alicyclic amines) is 1. The van der Waals surface area contributed by atoms with E-state index in [0.29, 0.717) is 29.4 Å². The quantitative estimate of drug-likeness (QED) is 0.704. The maximum atomic E-state index is 13.4. The number of aromatic nitrogens is 4. The number of H-pyrrole nitrogens is 1. The highest BCUT2D eigenvalue weighted by Crippen LogP contribution is 2.31. The summed E-state index contributed by atoms with van der Waals surface area (Å²) in [5.74, 6) is 0.904. The van der Waals surface area contributed by atoms with Crippen molar-refractivity contribution < 1.29 is 9.18 Å². The number of hydrogen-bond donors (Lipinski definition) is 1. The van der Waals surface area contributed by atoms with E-state index in [4.69, 9.17) is 0 Å². The molecule has 1 aromatic carbocycles. The topological polar surface area (TPSA) is 78.0 Å². The highest BCUT2D eigenvalue weighted by molar-refractivity contribution is 5.92. The molecule has 1 saturated heterocycles. The number of nitrogens with one attached hydrogen (secondary N) is 1. The number of fused-ring (bicyclic) bond motifs is 1. The van der Waals surface area contributed by atoms with Crippen LogP contribution in [0.25, 0.3) is 17.1 Å². The van der Waals surface area contributed by atoms with E-state index < -0.39 is 0 Å². The Labute approximate surface area is 161 Å². The minimum absolute atomic E-state index is 0.0918. The Morgan fingerprint density at radius 1 is 1.32 bits per heavy atom. The predicted molar refractivity (Wildman–Crippen MR) is 105 cm³/mol. The molecule has 1 aliphatic heterocycles. The Hall–Kier alpha value is -3.29. The monoisotopic (exact) mass is 380 g/mol. The summed E-state index contributed by atoms with van der Waals surface area (Å²) in [5, 5.41) is 0. The number of carbonyl (C=O) groups is 1. The summed E-state index contributed by atoms with van der Waals surface area (Å²) >= 11 is 0. The molecule has 0 saturated carbocycles. The van der Waals surface area contributed by atoms with E-state index in [2.05, 4.69) is 19.9 Å². The predicted octanol–water partition coefficient (Wildman–Crippen LogP) is 2.93. The van der Waals surface area contributed by atoms with E-state index in [1.54, 1.807) is 29.4 Å². The van der Waals surface area contributed by atoms with Crippen molar-refractivity contribution in [3.63, 3.8) is 0 Å². The zero-order valence-electron chi connectivity index (χ0n) is 15.8. The molecule has 7 nitrogen and oxygen atoms in total. The molecule has 1 unspecified atom stereocenters. The molecule has 8 heteroatoms. The van der Waals surface area contributed by atoms with Crippen molar-refractivity contribution in [3.8, 4) is 0 Å². The molecule has 0 spiro atoms. The van der Waals surface area contributed by atoms with Crippen LogP contribution in [0.2, 0.25) is 0 Å². The highest BCUT2D eigenvalue weighted by atomic mass is 19.1. The number of amides is 1. The van der Waals surface area contributed by atoms with Crippen LogP contribution in [0.15, 0.2) is 36.7 Å². The standard InChI is InChI=1S/C20H21FN6O/c1-26(2)20-22-11-13(12-23-20)5-8-18(28)27-9-3-4-17(27)19-24-15-7-6-14(21)10-16(15)25-19/h5-8,10-12,17H,3-4,9H2,1-2H3,(H,24,25)/b8-5+. The minimum Gasteiger partial charge on any atom is -0.347 e. The summed E-state index contributed by atoms with van der Waals surface area (Å²) < 4.78 is 13.4. The molecule has 28 heavy (non-hydrogen) atoms. The molecule has 3 aromatic rings. The summed E-state index contributed by atoms with van der Waals surface area (Å²) in [6, 6.07) is 4.31. The van der Waals surface area contributed by atoms with Crippen LogP contribution in [-0.2, 0) is 4.79 Å². The largest absolute Gasteiger partial charge is 0.347 e. The minimum atomic E-state index is -0.313. The van der Waals surface area contributed by atoms with Gasteiger partial charge in [-0.25, -0.2) is 19.3 Å². The molecule has 1 aliphatic rings. The summed E-state index contributed by atoms with van der Waals surface area (Å²) in [6.07, 6.45) is 8.33. The van der Waals surface area contributed by atoms with Gasteiger partial charge in [-0.05, 0) is 37.1 Å². The average molecular weight is 380 g/mol. The summed E-state index contributed by atoms with van der Waals surface area (Å²) in [4.78, 5) is 32.5. The lowest BCUT2D eigenvalue weighted by molar-refractivity contribution is -0.126. The number of carbonyl (C=O) groups excluding carboxylic acids is 1. The number of anilines is 1. The first kappa shape index (κ1) is 18.1. The van der Waals surface area contributed by atoms with Gasteiger partial charge in [0.1, 0.15) is 11.6 Å². The fourth-order valence-electron chi connectivity index (χ4n) is 3.39. The molecule has 4 rings (SSSR count). The molecule has 1 N–H and O–H groups in total. The molecule has 0 radical (unpaired) electrons. The fraction of sp³-hybridized carbons (Fsp3) is 0.300. The van der Waals surface area contributed by atoms with E-state index in [1.807, 2.05) is 19.0 Å². The highest BCUT2D eigenvalue weighted by Gasteiger charge is 2.31. The third-order valence-electron chi connectivity index (χ3n) is 4.79. The molecule has 0 bridgehead atoms. The molecule has 144 valence electrons. The average Bonchev–Trinajstić information content (AvgIpc) is 3.32. The van der Waals surface area contributed by atoms with Crippen molar-refractivity contribution in [2.75, 3.05) is 25.5 Å². The Kier molecular flexibility index (Phi) is 4.77. The van der Waals surface area contributed by atoms with Gasteiger partial charge in [0, 0.05) is 44.7 Å². The molecular weight excluding hydrogens is 359 g/mol. The van der Waals surface area contributed by atoms with Gasteiger partial charge in [0.05, 0.1) is 17.1 Å². The van der Waals surface area contributed by atoms with E-state index in [-0.39, 0.29) is 17.8 Å². The van der Waals surface area contributed by atoms with Gasteiger partial charge in [0.2, 0.25) is 11.9 Å². The van der Waals surface area contributed by atoms with Crippen LogP contribution in [0.1, 0.15) is 30.3 Å². The van der Waals surface area contributed by atoms with Crippen LogP contribution in [0.3, 0.4) is 0 Å². The molecule has 0 aliphatic carbocycles. The number of benzene rings is 1. The van der Waals surface area contributed by atoms with Crippen LogP contribution in [0.5, 0.6) is 0 Å². The van der Waals surface area contributed by atoms with Gasteiger partial charge in [0.25, 0.3) is 0 Å². The van der Waals surface area contributed by atoms with Crippen molar-refractivity contribution >= 4 is 29.0 Å². The van der Waals surface area contributed by atoms with Crippen LogP contribution < -0.4 is 4.90 Å². The van der Waals surface area contributed by atoms with Gasteiger partial charge in [-0.1, -0.05) is 0 Å². The number of imidazole rings is 1. The number of nitrogens with zero attached hydrogens (tertiary/aromatic N) is 5. The van der Waals surface area contributed by atoms with E-state index >= 15 is 0 Å². The zero-order valence-corrected chi connectivity index (χ0v) is 15.8. The van der Waals surface area contributed by atoms with Gasteiger partial charge in [-0.15, -0.1) is 0 Å². The van der Waals surface area contributed by atoms with Crippen LogP contribution in [0, 0.1) is 5.82 Å². The van der Waals surface area contributed by atoms with Crippen molar-refractivity contribution in [2.45, 2.75) is 18.9 Å². The maximum absolute atomic E-state index is 13.4. The summed E-state index contributed by atoms with van der Waals surface area (Å²) in [6.45, 7) is 0.662. The molecule has 3 heterocycles. The first-order chi connectivity index (χ1) is 13.5. The van der Waals surface area contributed by atoms with Crippen molar-refractivity contribution in [2.24, 2.45) is 0 Å². The number of aromatic amines is 1. The van der Waals surface area contributed by atoms with E-state index in [9.17, 15) is 9.18 Å². The second-order valence-corrected chi connectivity index (χ2v) is 7.02. The van der Waals surface area contributed by atoms with Gasteiger partial charge < -0.3 is 14.8 Å². The van der Waals surface area contributed by atoms with Crippen LogP contribution in [-0.4, -0.2) is 51.4 Å². The molecule has 1 atom stereocenters. The van der Waals surface area contributed by atoms with Crippen molar-refractivity contribution in [3.05, 3.63) is 53.9 Å². The molecule has 1 amide bonds. The van der Waals surface area contributed by atoms with Gasteiger partial charge in [-0.2, -0.15) is 0 Å². The third-order valence-corrected chi connectivity index (χ3v) is 4.79. The lowest BCUT2D eigenvalue weighted by Crippen LogP contribution is -2.29. The Bertz CT molecular complexity index is 1030. The van der Waals surface area contributed by atoms with Gasteiger partial charge in [0.15, 0.2) is 0 Å². The lowest BCUT2D eigenvalue weighted by Gasteiger charge is -2.21. The molecule has 2 aromatic heterocycles. The number of rotatable bonds is 4. The third kappa shape index (κ3) is 3.58. The van der Waals surface area contributed by atoms with E-state index in [0.717, 1.165) is 18.4 Å². The second kappa shape index (κ2) is 7.38.